The van der Waals surface area contributed by atoms with Gasteiger partial charge in [0, 0.05) is 6.26 Å². The summed E-state index contributed by atoms with van der Waals surface area (Å²) in [6, 6.07) is 7.21. The summed E-state index contributed by atoms with van der Waals surface area (Å²) in [5.74, 6) is 0.829. The van der Waals surface area contributed by atoms with Gasteiger partial charge in [-0.25, -0.2) is 8.42 Å². The molecule has 0 saturated carbocycles. The van der Waals surface area contributed by atoms with Crippen LogP contribution in [0.25, 0.3) is 0 Å². The maximum absolute atomic E-state index is 10.9. The standard InChI is InChI=1S/C13H20O4S/c1-3-13(14)11-5-7-12(8-6-11)17-9-4-10-18(2,15)16/h5-8,13-14H,3-4,9-10H2,1-2H3/t13-/m0/s1. The minimum Gasteiger partial charge on any atom is -0.494 e. The Bertz CT molecular complexity index is 450. The van der Waals surface area contributed by atoms with Crippen LogP contribution >= 0.6 is 0 Å². The molecule has 0 bridgehead atoms. The van der Waals surface area contributed by atoms with Gasteiger partial charge in [-0.3, -0.25) is 0 Å². The summed E-state index contributed by atoms with van der Waals surface area (Å²) in [4.78, 5) is 0. The highest BCUT2D eigenvalue weighted by atomic mass is 32.2. The molecular weight excluding hydrogens is 252 g/mol. The third-order valence-electron chi connectivity index (χ3n) is 2.58. The first-order chi connectivity index (χ1) is 8.42. The zero-order chi connectivity index (χ0) is 13.6. The first-order valence-corrected chi connectivity index (χ1v) is 8.07. The summed E-state index contributed by atoms with van der Waals surface area (Å²) in [6.45, 7) is 2.29. The van der Waals surface area contributed by atoms with Crippen LogP contribution in [0.15, 0.2) is 24.3 Å². The van der Waals surface area contributed by atoms with Crippen LogP contribution in [0.2, 0.25) is 0 Å². The largest absolute Gasteiger partial charge is 0.494 e. The predicted octanol–water partition coefficient (Wildman–Crippen LogP) is 1.94. The van der Waals surface area contributed by atoms with Gasteiger partial charge in [-0.15, -0.1) is 0 Å². The molecule has 5 heteroatoms. The fourth-order valence-electron chi connectivity index (χ4n) is 1.53. The van der Waals surface area contributed by atoms with Crippen LogP contribution in [0.5, 0.6) is 5.75 Å². The second kappa shape index (κ2) is 6.75. The highest BCUT2D eigenvalue weighted by molar-refractivity contribution is 7.90. The van der Waals surface area contributed by atoms with Gasteiger partial charge in [-0.2, -0.15) is 0 Å². The highest BCUT2D eigenvalue weighted by Crippen LogP contribution is 2.19. The lowest BCUT2D eigenvalue weighted by Crippen LogP contribution is -2.08. The van der Waals surface area contributed by atoms with Gasteiger partial charge in [0.15, 0.2) is 0 Å². The Balaban J connectivity index is 2.40. The lowest BCUT2D eigenvalue weighted by atomic mass is 10.1. The number of hydrogen-bond acceptors (Lipinski definition) is 4. The second-order valence-electron chi connectivity index (χ2n) is 4.32. The van der Waals surface area contributed by atoms with Crippen molar-refractivity contribution in [3.63, 3.8) is 0 Å². The smallest absolute Gasteiger partial charge is 0.147 e. The molecule has 1 N–H and O–H groups in total. The zero-order valence-electron chi connectivity index (χ0n) is 10.8. The number of hydrogen-bond donors (Lipinski definition) is 1. The predicted molar refractivity (Wildman–Crippen MR) is 71.5 cm³/mol. The molecule has 0 aromatic heterocycles. The van der Waals surface area contributed by atoms with Crippen molar-refractivity contribution in [2.75, 3.05) is 18.6 Å². The summed E-state index contributed by atoms with van der Waals surface area (Å²) in [7, 11) is -2.91. The summed E-state index contributed by atoms with van der Waals surface area (Å²) >= 11 is 0. The van der Waals surface area contributed by atoms with Crippen molar-refractivity contribution in [2.24, 2.45) is 0 Å². The van der Waals surface area contributed by atoms with Crippen LogP contribution in [0, 0.1) is 0 Å². The van der Waals surface area contributed by atoms with Crippen LogP contribution in [-0.4, -0.2) is 32.1 Å². The van der Waals surface area contributed by atoms with Crippen LogP contribution in [0.3, 0.4) is 0 Å². The van der Waals surface area contributed by atoms with Gasteiger partial charge in [0.1, 0.15) is 15.6 Å². The van der Waals surface area contributed by atoms with E-state index in [2.05, 4.69) is 0 Å². The first-order valence-electron chi connectivity index (χ1n) is 6.01. The van der Waals surface area contributed by atoms with Crippen molar-refractivity contribution in [3.8, 4) is 5.75 Å². The quantitative estimate of drug-likeness (QED) is 0.770. The molecule has 0 aliphatic rings. The number of aliphatic hydroxyl groups excluding tert-OH is 1. The SMILES string of the molecule is CC[C@H](O)c1ccc(OCCCS(C)(=O)=O)cc1. The molecule has 1 atom stereocenters. The molecule has 0 spiro atoms. The Morgan fingerprint density at radius 2 is 1.89 bits per heavy atom. The van der Waals surface area contributed by atoms with E-state index in [4.69, 9.17) is 4.74 Å². The molecule has 0 radical (unpaired) electrons. The number of benzene rings is 1. The molecule has 0 amide bonds. The van der Waals surface area contributed by atoms with E-state index in [9.17, 15) is 13.5 Å². The number of ether oxygens (including phenoxy) is 1. The molecule has 102 valence electrons. The fraction of sp³-hybridized carbons (Fsp3) is 0.538. The van der Waals surface area contributed by atoms with Gasteiger partial charge in [-0.1, -0.05) is 19.1 Å². The average molecular weight is 272 g/mol. The Kier molecular flexibility index (Phi) is 5.62. The van der Waals surface area contributed by atoms with Gasteiger partial charge in [-0.05, 0) is 30.5 Å². The topological polar surface area (TPSA) is 63.6 Å². The first kappa shape index (κ1) is 15.0. The summed E-state index contributed by atoms with van der Waals surface area (Å²) in [6.07, 6.45) is 1.94. The van der Waals surface area contributed by atoms with Crippen LogP contribution in [0.1, 0.15) is 31.4 Å². The van der Waals surface area contributed by atoms with E-state index in [1.54, 1.807) is 12.1 Å². The van der Waals surface area contributed by atoms with E-state index in [1.165, 1.54) is 6.26 Å². The second-order valence-corrected chi connectivity index (χ2v) is 6.58. The molecule has 0 aliphatic carbocycles. The van der Waals surface area contributed by atoms with Crippen LogP contribution in [0.4, 0.5) is 0 Å². The number of rotatable bonds is 7. The maximum Gasteiger partial charge on any atom is 0.147 e. The van der Waals surface area contributed by atoms with Crippen LogP contribution < -0.4 is 4.74 Å². The molecule has 1 rings (SSSR count). The van der Waals surface area contributed by atoms with Crippen molar-refractivity contribution in [2.45, 2.75) is 25.9 Å². The van der Waals surface area contributed by atoms with E-state index in [0.29, 0.717) is 25.2 Å². The summed E-state index contributed by atoms with van der Waals surface area (Å²) in [5.41, 5.74) is 0.862. The summed E-state index contributed by atoms with van der Waals surface area (Å²) < 4.78 is 27.2. The molecule has 1 aromatic rings. The lowest BCUT2D eigenvalue weighted by molar-refractivity contribution is 0.173. The van der Waals surface area contributed by atoms with Crippen LogP contribution in [-0.2, 0) is 9.84 Å². The Morgan fingerprint density at radius 1 is 1.28 bits per heavy atom. The average Bonchev–Trinajstić information content (AvgIpc) is 2.33. The minimum atomic E-state index is -2.91. The molecule has 18 heavy (non-hydrogen) atoms. The van der Waals surface area contributed by atoms with Crippen molar-refractivity contribution in [1.82, 2.24) is 0 Å². The zero-order valence-corrected chi connectivity index (χ0v) is 11.6. The van der Waals surface area contributed by atoms with Crippen molar-refractivity contribution < 1.29 is 18.3 Å². The molecule has 0 unspecified atom stereocenters. The molecule has 1 aromatic carbocycles. The van der Waals surface area contributed by atoms with Gasteiger partial charge in [0.05, 0.1) is 18.5 Å². The summed E-state index contributed by atoms with van der Waals surface area (Å²) in [5, 5.41) is 9.62. The lowest BCUT2D eigenvalue weighted by Gasteiger charge is -2.10. The molecule has 0 saturated heterocycles. The van der Waals surface area contributed by atoms with Gasteiger partial charge >= 0.3 is 0 Å². The van der Waals surface area contributed by atoms with Crippen molar-refractivity contribution in [1.29, 1.82) is 0 Å². The monoisotopic (exact) mass is 272 g/mol. The Labute approximate surface area is 109 Å². The highest BCUT2D eigenvalue weighted by Gasteiger charge is 2.05. The third-order valence-corrected chi connectivity index (χ3v) is 3.61. The van der Waals surface area contributed by atoms with E-state index in [1.807, 2.05) is 19.1 Å². The normalized spacial score (nSPS) is 13.3. The minimum absolute atomic E-state index is 0.139. The Morgan fingerprint density at radius 3 is 2.39 bits per heavy atom. The number of aliphatic hydroxyl groups is 1. The fourth-order valence-corrected chi connectivity index (χ4v) is 2.18. The third kappa shape index (κ3) is 5.51. The van der Waals surface area contributed by atoms with Gasteiger partial charge in [0.25, 0.3) is 0 Å². The van der Waals surface area contributed by atoms with E-state index in [-0.39, 0.29) is 5.75 Å². The van der Waals surface area contributed by atoms with Gasteiger partial charge in [0.2, 0.25) is 0 Å². The van der Waals surface area contributed by atoms with Gasteiger partial charge < -0.3 is 9.84 Å². The van der Waals surface area contributed by atoms with E-state index >= 15 is 0 Å². The molecule has 0 heterocycles. The van der Waals surface area contributed by atoms with E-state index < -0.39 is 15.9 Å². The molecule has 0 fully saturated rings. The molecule has 4 nitrogen and oxygen atoms in total. The van der Waals surface area contributed by atoms with Crippen molar-refractivity contribution >= 4 is 9.84 Å². The molecule has 0 aliphatic heterocycles. The maximum atomic E-state index is 10.9. The number of sulfone groups is 1. The van der Waals surface area contributed by atoms with Crippen molar-refractivity contribution in [3.05, 3.63) is 29.8 Å². The molecular formula is C13H20O4S. The Hall–Kier alpha value is -1.07. The van der Waals surface area contributed by atoms with E-state index in [0.717, 1.165) is 5.56 Å².